The fourth-order valence-corrected chi connectivity index (χ4v) is 4.69. The van der Waals surface area contributed by atoms with Crippen molar-refractivity contribution in [1.82, 2.24) is 5.32 Å². The summed E-state index contributed by atoms with van der Waals surface area (Å²) < 4.78 is 42.0. The second-order valence-corrected chi connectivity index (χ2v) is 10.4. The Bertz CT molecular complexity index is 1300. The molecule has 36 heavy (non-hydrogen) atoms. The molecule has 192 valence electrons. The van der Waals surface area contributed by atoms with Gasteiger partial charge >= 0.3 is 0 Å². The van der Waals surface area contributed by atoms with Crippen LogP contribution in [0.25, 0.3) is 0 Å². The molecule has 4 rings (SSSR count). The molecule has 0 amide bonds. The van der Waals surface area contributed by atoms with E-state index in [1.54, 1.807) is 13.2 Å². The standard InChI is InChI=1S/C26H30N2O7S/c1-33-24-13-19(14-25-26(24)35-16-34-25)21(11-17-6-4-3-5-7-17)27-15-20(29)10-18-8-9-23(30)22(12-18)28-36(2,31)32/h3-9,12-14,20-21,27-30H,10-11,15-16H2,1-2H3/t20-,21+/m0/s1. The summed E-state index contributed by atoms with van der Waals surface area (Å²) >= 11 is 0. The topological polar surface area (TPSA) is 126 Å². The van der Waals surface area contributed by atoms with Gasteiger partial charge in [0.1, 0.15) is 5.75 Å². The van der Waals surface area contributed by atoms with Crippen molar-refractivity contribution in [3.8, 4) is 23.0 Å². The van der Waals surface area contributed by atoms with Gasteiger partial charge in [0.2, 0.25) is 22.6 Å². The molecule has 9 nitrogen and oxygen atoms in total. The van der Waals surface area contributed by atoms with Crippen LogP contribution in [0.15, 0.2) is 60.7 Å². The normalized spacial score (nSPS) is 14.3. The zero-order chi connectivity index (χ0) is 25.7. The molecule has 1 heterocycles. The van der Waals surface area contributed by atoms with Gasteiger partial charge in [-0.15, -0.1) is 0 Å². The highest BCUT2D eigenvalue weighted by molar-refractivity contribution is 7.92. The molecule has 0 aliphatic carbocycles. The Labute approximate surface area is 210 Å². The molecular weight excluding hydrogens is 484 g/mol. The van der Waals surface area contributed by atoms with Gasteiger partial charge in [0.05, 0.1) is 25.2 Å². The van der Waals surface area contributed by atoms with Crippen LogP contribution in [-0.4, -0.2) is 51.4 Å². The molecule has 0 spiro atoms. The van der Waals surface area contributed by atoms with Crippen LogP contribution in [0, 0.1) is 0 Å². The molecule has 0 radical (unpaired) electrons. The maximum Gasteiger partial charge on any atom is 0.231 e. The molecule has 2 atom stereocenters. The van der Waals surface area contributed by atoms with E-state index in [1.165, 1.54) is 12.1 Å². The largest absolute Gasteiger partial charge is 0.506 e. The van der Waals surface area contributed by atoms with Crippen molar-refractivity contribution < 1.29 is 32.8 Å². The predicted octanol–water partition coefficient (Wildman–Crippen LogP) is 2.98. The summed E-state index contributed by atoms with van der Waals surface area (Å²) in [5.41, 5.74) is 2.80. The van der Waals surface area contributed by atoms with Crippen LogP contribution in [0.4, 0.5) is 5.69 Å². The number of phenols is 1. The lowest BCUT2D eigenvalue weighted by Crippen LogP contribution is -2.32. The van der Waals surface area contributed by atoms with Crippen molar-refractivity contribution in [3.05, 3.63) is 77.4 Å². The Morgan fingerprint density at radius 1 is 1.03 bits per heavy atom. The zero-order valence-electron chi connectivity index (χ0n) is 20.1. The van der Waals surface area contributed by atoms with Crippen molar-refractivity contribution >= 4 is 15.7 Å². The zero-order valence-corrected chi connectivity index (χ0v) is 20.9. The molecule has 4 N–H and O–H groups in total. The number of fused-ring (bicyclic) bond motifs is 1. The summed E-state index contributed by atoms with van der Waals surface area (Å²) in [5, 5.41) is 24.2. The third kappa shape index (κ3) is 6.60. The Hall–Kier alpha value is -3.47. The van der Waals surface area contributed by atoms with Gasteiger partial charge in [-0.25, -0.2) is 8.42 Å². The van der Waals surface area contributed by atoms with E-state index in [2.05, 4.69) is 10.0 Å². The second kappa shape index (κ2) is 11.1. The average Bonchev–Trinajstić information content (AvgIpc) is 3.32. The van der Waals surface area contributed by atoms with Crippen LogP contribution >= 0.6 is 0 Å². The highest BCUT2D eigenvalue weighted by Crippen LogP contribution is 2.43. The van der Waals surface area contributed by atoms with Crippen molar-refractivity contribution in [3.63, 3.8) is 0 Å². The van der Waals surface area contributed by atoms with Gasteiger partial charge in [-0.3, -0.25) is 4.72 Å². The lowest BCUT2D eigenvalue weighted by atomic mass is 9.97. The number of aliphatic hydroxyl groups excluding tert-OH is 1. The number of hydrogen-bond donors (Lipinski definition) is 4. The van der Waals surface area contributed by atoms with Crippen molar-refractivity contribution in [1.29, 1.82) is 0 Å². The lowest BCUT2D eigenvalue weighted by molar-refractivity contribution is 0.167. The van der Waals surface area contributed by atoms with Crippen molar-refractivity contribution in [2.75, 3.05) is 31.4 Å². The Balaban J connectivity index is 1.50. The maximum absolute atomic E-state index is 11.6. The summed E-state index contributed by atoms with van der Waals surface area (Å²) in [4.78, 5) is 0. The number of nitrogens with one attached hydrogen (secondary N) is 2. The van der Waals surface area contributed by atoms with Gasteiger partial charge in [0.15, 0.2) is 11.5 Å². The van der Waals surface area contributed by atoms with Crippen molar-refractivity contribution in [2.45, 2.75) is 25.0 Å². The molecule has 0 fully saturated rings. The molecule has 0 aromatic heterocycles. The minimum absolute atomic E-state index is 0.0737. The Morgan fingerprint density at radius 2 is 1.81 bits per heavy atom. The van der Waals surface area contributed by atoms with E-state index in [0.29, 0.717) is 29.2 Å². The maximum atomic E-state index is 11.6. The van der Waals surface area contributed by atoms with Crippen molar-refractivity contribution in [2.24, 2.45) is 0 Å². The van der Waals surface area contributed by atoms with Gasteiger partial charge in [0.25, 0.3) is 0 Å². The second-order valence-electron chi connectivity index (χ2n) is 8.69. The first kappa shape index (κ1) is 25.6. The first-order valence-corrected chi connectivity index (χ1v) is 13.3. The van der Waals surface area contributed by atoms with E-state index in [1.807, 2.05) is 42.5 Å². The first-order valence-electron chi connectivity index (χ1n) is 11.4. The number of phenolic OH excluding ortho intramolecular Hbond substituents is 1. The number of benzene rings is 3. The number of hydrogen-bond acceptors (Lipinski definition) is 8. The summed E-state index contributed by atoms with van der Waals surface area (Å²) in [6, 6.07) is 18.2. The summed E-state index contributed by atoms with van der Waals surface area (Å²) in [5.74, 6) is 1.58. The lowest BCUT2D eigenvalue weighted by Gasteiger charge is -2.23. The Kier molecular flexibility index (Phi) is 7.88. The summed E-state index contributed by atoms with van der Waals surface area (Å²) in [6.07, 6.45) is 1.16. The molecule has 3 aromatic carbocycles. The summed E-state index contributed by atoms with van der Waals surface area (Å²) in [7, 11) is -1.97. The van der Waals surface area contributed by atoms with E-state index < -0.39 is 16.1 Å². The number of methoxy groups -OCH3 is 1. The highest BCUT2D eigenvalue weighted by Gasteiger charge is 2.24. The van der Waals surface area contributed by atoms with Gasteiger partial charge in [-0.2, -0.15) is 0 Å². The molecule has 1 aliphatic heterocycles. The van der Waals surface area contributed by atoms with E-state index in [-0.39, 0.29) is 37.2 Å². The fourth-order valence-electron chi connectivity index (χ4n) is 4.12. The quantitative estimate of drug-likeness (QED) is 0.288. The van der Waals surface area contributed by atoms with E-state index in [9.17, 15) is 18.6 Å². The molecular formula is C26H30N2O7S. The number of rotatable bonds is 11. The molecule has 1 aliphatic rings. The molecule has 10 heteroatoms. The number of anilines is 1. The van der Waals surface area contributed by atoms with Crippen LogP contribution in [0.5, 0.6) is 23.0 Å². The molecule has 3 aromatic rings. The van der Waals surface area contributed by atoms with Crippen LogP contribution in [0.3, 0.4) is 0 Å². The van der Waals surface area contributed by atoms with Gasteiger partial charge in [0, 0.05) is 12.6 Å². The molecule has 0 unspecified atom stereocenters. The number of ether oxygens (including phenoxy) is 3. The molecule has 0 saturated heterocycles. The molecule has 0 saturated carbocycles. The predicted molar refractivity (Wildman–Crippen MR) is 136 cm³/mol. The number of sulfonamides is 1. The highest BCUT2D eigenvalue weighted by atomic mass is 32.2. The van der Waals surface area contributed by atoms with Crippen LogP contribution in [-0.2, 0) is 22.9 Å². The van der Waals surface area contributed by atoms with E-state index >= 15 is 0 Å². The van der Waals surface area contributed by atoms with Gasteiger partial charge in [-0.1, -0.05) is 36.4 Å². The fraction of sp³-hybridized carbons (Fsp3) is 0.308. The minimum atomic E-state index is -3.55. The third-order valence-corrected chi connectivity index (χ3v) is 6.38. The molecule has 0 bridgehead atoms. The van der Waals surface area contributed by atoms with Gasteiger partial charge in [-0.05, 0) is 53.8 Å². The van der Waals surface area contributed by atoms with E-state index in [0.717, 1.165) is 17.4 Å². The Morgan fingerprint density at radius 3 is 2.53 bits per heavy atom. The third-order valence-electron chi connectivity index (χ3n) is 5.79. The van der Waals surface area contributed by atoms with Crippen LogP contribution < -0.4 is 24.2 Å². The number of aromatic hydroxyl groups is 1. The van der Waals surface area contributed by atoms with Crippen LogP contribution in [0.1, 0.15) is 22.7 Å². The van der Waals surface area contributed by atoms with E-state index in [4.69, 9.17) is 14.2 Å². The van der Waals surface area contributed by atoms with Gasteiger partial charge < -0.3 is 29.7 Å². The van der Waals surface area contributed by atoms with Crippen LogP contribution in [0.2, 0.25) is 0 Å². The smallest absolute Gasteiger partial charge is 0.231 e. The first-order chi connectivity index (χ1) is 17.2. The monoisotopic (exact) mass is 514 g/mol. The number of aliphatic hydroxyl groups is 1. The average molecular weight is 515 g/mol. The summed E-state index contributed by atoms with van der Waals surface area (Å²) in [6.45, 7) is 0.400. The minimum Gasteiger partial charge on any atom is -0.506 e. The SMILES string of the molecule is COc1cc([C@@H](Cc2ccccc2)NC[C@@H](O)Cc2ccc(O)c(NS(C)(=O)=O)c2)cc2c1OCO2.